The van der Waals surface area contributed by atoms with Crippen LogP contribution in [0, 0.1) is 0 Å². The molecular weight excluding hydrogens is 584 g/mol. The second kappa shape index (κ2) is 11.5. The molecule has 0 radical (unpaired) electrons. The van der Waals surface area contributed by atoms with Gasteiger partial charge in [-0.15, -0.1) is 0 Å². The van der Waals surface area contributed by atoms with Crippen molar-refractivity contribution in [3.63, 3.8) is 0 Å². The highest BCUT2D eigenvalue weighted by Crippen LogP contribution is 2.35. The Balaban J connectivity index is 0.000000470. The highest BCUT2D eigenvalue weighted by atomic mass is 35.5. The highest BCUT2D eigenvalue weighted by Gasteiger charge is 2.36. The molecule has 2 aromatic carbocycles. The number of thioether (sulfide) groups is 1. The third-order valence-corrected chi connectivity index (χ3v) is 7.21. The van der Waals surface area contributed by atoms with E-state index in [1.54, 1.807) is 18.3 Å². The molecule has 0 saturated carbocycles. The predicted octanol–water partition coefficient (Wildman–Crippen LogP) is 5.86. The number of nitrogens with zero attached hydrogens (tertiary/aromatic N) is 4. The summed E-state index contributed by atoms with van der Waals surface area (Å²) in [6.07, 6.45) is -3.76. The van der Waals surface area contributed by atoms with Crippen molar-refractivity contribution in [1.82, 2.24) is 14.7 Å². The van der Waals surface area contributed by atoms with Crippen LogP contribution >= 0.6 is 23.4 Å². The standard InChI is InChI=1S/C23H18ClF3N4OS.C2H2F3NO/c24-17-5-4-15(18(11-17)23(25,26)27)13-31-19-6-3-14(9-16(19)12-28-31)10-20-21(32)29-22(33-20)30-7-1-2-8-30;3-2(4,5)1(6)7/h3-6,9-12H,1-2,7-8,13H2;(H2,6,7)/b20-10-;. The van der Waals surface area contributed by atoms with Crippen molar-refractivity contribution in [2.24, 2.45) is 10.7 Å². The monoisotopic (exact) mass is 603 g/mol. The SMILES string of the molecule is NC(=O)C(F)(F)F.O=C1N=C(N2CCCC2)S/C1=C\c1ccc2c(cnn2Cc2ccc(Cl)cc2C(F)(F)F)c1. The molecule has 2 aliphatic heterocycles. The fourth-order valence-electron chi connectivity index (χ4n) is 4.03. The van der Waals surface area contributed by atoms with E-state index >= 15 is 0 Å². The van der Waals surface area contributed by atoms with Crippen LogP contribution in [0.25, 0.3) is 17.0 Å². The number of benzene rings is 2. The Hall–Kier alpha value is -3.52. The normalized spacial score (nSPS) is 16.9. The molecule has 0 bridgehead atoms. The highest BCUT2D eigenvalue weighted by molar-refractivity contribution is 8.18. The van der Waals surface area contributed by atoms with Gasteiger partial charge >= 0.3 is 18.3 Å². The van der Waals surface area contributed by atoms with Crippen molar-refractivity contribution >= 4 is 57.3 Å². The molecule has 15 heteroatoms. The molecule has 2 aliphatic rings. The molecule has 1 aromatic heterocycles. The zero-order valence-corrected chi connectivity index (χ0v) is 22.0. The molecule has 3 heterocycles. The summed E-state index contributed by atoms with van der Waals surface area (Å²) >= 11 is 7.16. The Morgan fingerprint density at radius 2 is 1.75 bits per heavy atom. The second-order valence-corrected chi connectivity index (χ2v) is 10.2. The number of hydrogen-bond acceptors (Lipinski definition) is 5. The van der Waals surface area contributed by atoms with Gasteiger partial charge in [-0.2, -0.15) is 36.4 Å². The predicted molar refractivity (Wildman–Crippen MR) is 139 cm³/mol. The van der Waals surface area contributed by atoms with Crippen molar-refractivity contribution in [1.29, 1.82) is 0 Å². The van der Waals surface area contributed by atoms with Crippen LogP contribution in [0.4, 0.5) is 26.3 Å². The maximum atomic E-state index is 13.4. The number of carbonyl (C=O) groups is 2. The van der Waals surface area contributed by atoms with Gasteiger partial charge in [0, 0.05) is 23.5 Å². The molecule has 2 N–H and O–H groups in total. The lowest BCUT2D eigenvalue weighted by molar-refractivity contribution is -0.169. The number of halogens is 7. The van der Waals surface area contributed by atoms with E-state index in [0.29, 0.717) is 10.4 Å². The Morgan fingerprint density at radius 3 is 2.38 bits per heavy atom. The van der Waals surface area contributed by atoms with Gasteiger partial charge in [-0.1, -0.05) is 23.7 Å². The van der Waals surface area contributed by atoms with Gasteiger partial charge in [0.1, 0.15) is 0 Å². The van der Waals surface area contributed by atoms with Gasteiger partial charge in [-0.05, 0) is 66.1 Å². The first-order chi connectivity index (χ1) is 18.7. The molecule has 212 valence electrons. The summed E-state index contributed by atoms with van der Waals surface area (Å²) < 4.78 is 74.0. The molecule has 7 nitrogen and oxygen atoms in total. The minimum Gasteiger partial charge on any atom is -0.362 e. The van der Waals surface area contributed by atoms with Gasteiger partial charge < -0.3 is 10.6 Å². The van der Waals surface area contributed by atoms with Gasteiger partial charge in [0.15, 0.2) is 5.17 Å². The van der Waals surface area contributed by atoms with E-state index in [2.05, 4.69) is 20.7 Å². The van der Waals surface area contributed by atoms with Crippen LogP contribution in [0.3, 0.4) is 0 Å². The maximum absolute atomic E-state index is 13.4. The van der Waals surface area contributed by atoms with Crippen LogP contribution in [-0.2, 0) is 22.3 Å². The summed E-state index contributed by atoms with van der Waals surface area (Å²) in [6.45, 7) is 1.79. The molecule has 1 fully saturated rings. The number of aromatic nitrogens is 2. The van der Waals surface area contributed by atoms with Crippen molar-refractivity contribution in [3.8, 4) is 0 Å². The maximum Gasteiger partial charge on any atom is 0.470 e. The lowest BCUT2D eigenvalue weighted by Gasteiger charge is -2.14. The lowest BCUT2D eigenvalue weighted by Crippen LogP contribution is -2.30. The molecule has 0 unspecified atom stereocenters. The van der Waals surface area contributed by atoms with Gasteiger partial charge in [-0.25, -0.2) is 0 Å². The van der Waals surface area contributed by atoms with Crippen molar-refractivity contribution in [3.05, 3.63) is 69.2 Å². The van der Waals surface area contributed by atoms with E-state index in [1.165, 1.54) is 28.6 Å². The molecule has 0 spiro atoms. The smallest absolute Gasteiger partial charge is 0.362 e. The molecule has 1 saturated heterocycles. The number of primary amides is 1. The number of alkyl halides is 6. The summed E-state index contributed by atoms with van der Waals surface area (Å²) in [7, 11) is 0. The minimum absolute atomic E-state index is 0.0327. The average Bonchev–Trinajstić information content (AvgIpc) is 3.61. The van der Waals surface area contributed by atoms with Gasteiger partial charge in [0.25, 0.3) is 5.91 Å². The van der Waals surface area contributed by atoms with E-state index < -0.39 is 23.8 Å². The lowest BCUT2D eigenvalue weighted by atomic mass is 10.1. The summed E-state index contributed by atoms with van der Waals surface area (Å²) in [6, 6.07) is 9.23. The third kappa shape index (κ3) is 6.97. The van der Waals surface area contributed by atoms with Crippen molar-refractivity contribution in [2.45, 2.75) is 31.7 Å². The van der Waals surface area contributed by atoms with E-state index in [1.807, 2.05) is 12.1 Å². The molecule has 40 heavy (non-hydrogen) atoms. The van der Waals surface area contributed by atoms with Gasteiger partial charge in [0.05, 0.1) is 28.7 Å². The molecule has 0 aliphatic carbocycles. The van der Waals surface area contributed by atoms with Crippen LogP contribution in [0.2, 0.25) is 5.02 Å². The topological polar surface area (TPSA) is 93.6 Å². The number of amidine groups is 1. The molecule has 2 amide bonds. The number of rotatable bonds is 3. The molecular formula is C25H20ClF6N5O2S. The van der Waals surface area contributed by atoms with Crippen LogP contribution < -0.4 is 5.73 Å². The van der Waals surface area contributed by atoms with E-state index in [0.717, 1.165) is 48.1 Å². The number of likely N-dealkylation sites (tertiary alicyclic amines) is 1. The second-order valence-electron chi connectivity index (χ2n) is 8.79. The van der Waals surface area contributed by atoms with Gasteiger partial charge in [-0.3, -0.25) is 14.3 Å². The Bertz CT molecular complexity index is 1510. The Kier molecular flexibility index (Phi) is 8.49. The van der Waals surface area contributed by atoms with Crippen molar-refractivity contribution in [2.75, 3.05) is 13.1 Å². The molecule has 5 rings (SSSR count). The number of amides is 2. The summed E-state index contributed by atoms with van der Waals surface area (Å²) in [4.78, 5) is 28.3. The number of aliphatic imine (C=N–C) groups is 1. The quantitative estimate of drug-likeness (QED) is 0.299. The van der Waals surface area contributed by atoms with E-state index in [4.69, 9.17) is 16.4 Å². The van der Waals surface area contributed by atoms with Crippen LogP contribution in [0.15, 0.2) is 52.5 Å². The van der Waals surface area contributed by atoms with Crippen LogP contribution in [0.5, 0.6) is 0 Å². The zero-order chi connectivity index (χ0) is 29.2. The Labute approximate surface area is 232 Å². The fraction of sp³-hybridized carbons (Fsp3) is 0.280. The summed E-state index contributed by atoms with van der Waals surface area (Å²) in [5.41, 5.74) is 4.62. The summed E-state index contributed by atoms with van der Waals surface area (Å²) in [5.74, 6) is -2.51. The summed E-state index contributed by atoms with van der Waals surface area (Å²) in [5, 5.41) is 5.83. The number of fused-ring (bicyclic) bond motifs is 1. The van der Waals surface area contributed by atoms with Gasteiger partial charge in [0.2, 0.25) is 0 Å². The first-order valence-corrected chi connectivity index (χ1v) is 12.9. The minimum atomic E-state index is -4.86. The van der Waals surface area contributed by atoms with Crippen LogP contribution in [0.1, 0.15) is 29.5 Å². The zero-order valence-electron chi connectivity index (χ0n) is 20.4. The average molecular weight is 604 g/mol. The van der Waals surface area contributed by atoms with Crippen LogP contribution in [-0.4, -0.2) is 50.9 Å². The Morgan fingerprint density at radius 1 is 1.07 bits per heavy atom. The van der Waals surface area contributed by atoms with E-state index in [9.17, 15) is 31.1 Å². The fourth-order valence-corrected chi connectivity index (χ4v) is 5.16. The van der Waals surface area contributed by atoms with E-state index in [-0.39, 0.29) is 23.0 Å². The largest absolute Gasteiger partial charge is 0.470 e. The number of hydrogen-bond donors (Lipinski definition) is 1. The number of nitrogens with two attached hydrogens (primary N) is 1. The first-order valence-electron chi connectivity index (χ1n) is 11.7. The third-order valence-electron chi connectivity index (χ3n) is 5.93. The van der Waals surface area contributed by atoms with Crippen molar-refractivity contribution < 1.29 is 35.9 Å². The molecule has 3 aromatic rings. The first kappa shape index (κ1) is 29.5. The number of carbonyl (C=O) groups excluding carboxylic acids is 2. The molecule has 0 atom stereocenters.